The van der Waals surface area contributed by atoms with Crippen LogP contribution < -0.4 is 5.73 Å². The molecule has 0 aliphatic carbocycles. The summed E-state index contributed by atoms with van der Waals surface area (Å²) >= 11 is 5.62. The summed E-state index contributed by atoms with van der Waals surface area (Å²) in [6.45, 7) is 4.06. The van der Waals surface area contributed by atoms with Crippen LogP contribution in [0.1, 0.15) is 23.7 Å². The van der Waals surface area contributed by atoms with E-state index < -0.39 is 5.82 Å². The Labute approximate surface area is 117 Å². The van der Waals surface area contributed by atoms with E-state index in [9.17, 15) is 9.18 Å². The lowest BCUT2D eigenvalue weighted by Gasteiger charge is -2.36. The maximum absolute atomic E-state index is 13.4. The smallest absolute Gasteiger partial charge is 0.253 e. The average molecular weight is 285 g/mol. The molecule has 1 aromatic carbocycles. The van der Waals surface area contributed by atoms with Gasteiger partial charge in [0, 0.05) is 18.7 Å². The van der Waals surface area contributed by atoms with E-state index in [1.165, 1.54) is 12.1 Å². The second-order valence-electron chi connectivity index (χ2n) is 5.14. The molecule has 0 spiro atoms. The minimum Gasteiger partial charge on any atom is -0.338 e. The lowest BCUT2D eigenvalue weighted by molar-refractivity contribution is 0.0618. The maximum Gasteiger partial charge on any atom is 0.253 e. The van der Waals surface area contributed by atoms with Gasteiger partial charge in [0.15, 0.2) is 0 Å². The molecule has 2 unspecified atom stereocenters. The van der Waals surface area contributed by atoms with E-state index >= 15 is 0 Å². The zero-order valence-electron chi connectivity index (χ0n) is 10.9. The number of likely N-dealkylation sites (tertiary alicyclic amines) is 1. The van der Waals surface area contributed by atoms with Crippen LogP contribution in [-0.2, 0) is 0 Å². The Hall–Kier alpha value is -1.13. The van der Waals surface area contributed by atoms with Crippen molar-refractivity contribution >= 4 is 17.5 Å². The average Bonchev–Trinajstić information content (AvgIpc) is 2.41. The minimum atomic E-state index is -0.562. The molecule has 0 saturated carbocycles. The molecule has 1 fully saturated rings. The molecule has 3 nitrogen and oxygen atoms in total. The fourth-order valence-corrected chi connectivity index (χ4v) is 2.57. The largest absolute Gasteiger partial charge is 0.338 e. The second kappa shape index (κ2) is 5.88. The third-order valence-corrected chi connectivity index (χ3v) is 4.18. The standard InChI is InChI=1S/C14H18ClFN2O/c1-9-4-5-18(8-11(9)7-17)14(19)10-2-3-12(15)13(16)6-10/h2-3,6,9,11H,4-5,7-8,17H2,1H3. The maximum atomic E-state index is 13.4. The number of hydrogen-bond acceptors (Lipinski definition) is 2. The van der Waals surface area contributed by atoms with Crippen molar-refractivity contribution < 1.29 is 9.18 Å². The highest BCUT2D eigenvalue weighted by Gasteiger charge is 2.28. The van der Waals surface area contributed by atoms with Crippen LogP contribution in [0.4, 0.5) is 4.39 Å². The number of nitrogens with zero attached hydrogens (tertiary/aromatic N) is 1. The first-order valence-electron chi connectivity index (χ1n) is 6.47. The monoisotopic (exact) mass is 284 g/mol. The lowest BCUT2D eigenvalue weighted by Crippen LogP contribution is -2.45. The van der Waals surface area contributed by atoms with Crippen molar-refractivity contribution in [3.05, 3.63) is 34.6 Å². The van der Waals surface area contributed by atoms with Crippen molar-refractivity contribution in [2.45, 2.75) is 13.3 Å². The SMILES string of the molecule is CC1CCN(C(=O)c2ccc(Cl)c(F)c2)CC1CN. The van der Waals surface area contributed by atoms with Crippen LogP contribution in [0.3, 0.4) is 0 Å². The quantitative estimate of drug-likeness (QED) is 0.907. The van der Waals surface area contributed by atoms with Crippen molar-refractivity contribution in [1.29, 1.82) is 0 Å². The van der Waals surface area contributed by atoms with Gasteiger partial charge in [-0.05, 0) is 43.0 Å². The number of halogens is 2. The van der Waals surface area contributed by atoms with E-state index in [-0.39, 0.29) is 10.9 Å². The number of carbonyl (C=O) groups is 1. The molecule has 1 heterocycles. The van der Waals surface area contributed by atoms with Gasteiger partial charge in [-0.3, -0.25) is 4.79 Å². The fraction of sp³-hybridized carbons (Fsp3) is 0.500. The zero-order valence-corrected chi connectivity index (χ0v) is 11.7. The molecule has 1 aliphatic rings. The van der Waals surface area contributed by atoms with Crippen molar-refractivity contribution in [3.63, 3.8) is 0 Å². The Kier molecular flexibility index (Phi) is 4.42. The first-order valence-corrected chi connectivity index (χ1v) is 6.85. The Bertz CT molecular complexity index is 481. The van der Waals surface area contributed by atoms with Gasteiger partial charge in [-0.2, -0.15) is 0 Å². The minimum absolute atomic E-state index is 0.0312. The van der Waals surface area contributed by atoms with Crippen LogP contribution in [0.5, 0.6) is 0 Å². The third kappa shape index (κ3) is 3.07. The third-order valence-electron chi connectivity index (χ3n) is 3.87. The van der Waals surface area contributed by atoms with E-state index in [2.05, 4.69) is 6.92 Å². The molecule has 0 bridgehead atoms. The van der Waals surface area contributed by atoms with E-state index in [0.29, 0.717) is 37.0 Å². The number of hydrogen-bond donors (Lipinski definition) is 1. The van der Waals surface area contributed by atoms with Gasteiger partial charge in [-0.25, -0.2) is 4.39 Å². The molecule has 2 N–H and O–H groups in total. The lowest BCUT2D eigenvalue weighted by atomic mass is 9.87. The number of carbonyl (C=O) groups excluding carboxylic acids is 1. The number of benzene rings is 1. The zero-order chi connectivity index (χ0) is 14.0. The summed E-state index contributed by atoms with van der Waals surface area (Å²) in [5.74, 6) is 0.125. The summed E-state index contributed by atoms with van der Waals surface area (Å²) in [6.07, 6.45) is 0.934. The molecule has 5 heteroatoms. The predicted molar refractivity (Wildman–Crippen MR) is 73.6 cm³/mol. The van der Waals surface area contributed by atoms with E-state index in [1.807, 2.05) is 0 Å². The van der Waals surface area contributed by atoms with Gasteiger partial charge in [-0.1, -0.05) is 18.5 Å². The van der Waals surface area contributed by atoms with Gasteiger partial charge in [0.05, 0.1) is 5.02 Å². The predicted octanol–water partition coefficient (Wildman–Crippen LogP) is 2.54. The molecule has 0 aromatic heterocycles. The first kappa shape index (κ1) is 14.3. The molecular formula is C14H18ClFN2O. The van der Waals surface area contributed by atoms with Crippen molar-refractivity contribution in [3.8, 4) is 0 Å². The molecule has 19 heavy (non-hydrogen) atoms. The molecule has 104 valence electrons. The summed E-state index contributed by atoms with van der Waals surface area (Å²) in [5, 5.41) is 0.0312. The Morgan fingerprint density at radius 3 is 2.95 bits per heavy atom. The van der Waals surface area contributed by atoms with Crippen molar-refractivity contribution in [2.75, 3.05) is 19.6 Å². The van der Waals surface area contributed by atoms with Crippen LogP contribution in [0.25, 0.3) is 0 Å². The highest BCUT2D eigenvalue weighted by molar-refractivity contribution is 6.30. The molecule has 1 aliphatic heterocycles. The van der Waals surface area contributed by atoms with Crippen molar-refractivity contribution in [2.24, 2.45) is 17.6 Å². The second-order valence-corrected chi connectivity index (χ2v) is 5.55. The van der Waals surface area contributed by atoms with E-state index in [0.717, 1.165) is 6.42 Å². The number of piperidine rings is 1. The molecule has 2 rings (SSSR count). The van der Waals surface area contributed by atoms with Crippen LogP contribution in [-0.4, -0.2) is 30.4 Å². The normalized spacial score (nSPS) is 23.5. The van der Waals surface area contributed by atoms with Gasteiger partial charge in [0.1, 0.15) is 5.82 Å². The molecule has 1 saturated heterocycles. The highest BCUT2D eigenvalue weighted by Crippen LogP contribution is 2.24. The Morgan fingerprint density at radius 1 is 1.58 bits per heavy atom. The van der Waals surface area contributed by atoms with Gasteiger partial charge in [-0.15, -0.1) is 0 Å². The molecule has 1 amide bonds. The van der Waals surface area contributed by atoms with Crippen LogP contribution in [0, 0.1) is 17.7 Å². The van der Waals surface area contributed by atoms with E-state index in [4.69, 9.17) is 17.3 Å². The van der Waals surface area contributed by atoms with Gasteiger partial charge < -0.3 is 10.6 Å². The number of rotatable bonds is 2. The first-order chi connectivity index (χ1) is 9.02. The highest BCUT2D eigenvalue weighted by atomic mass is 35.5. The summed E-state index contributed by atoms with van der Waals surface area (Å²) < 4.78 is 13.4. The van der Waals surface area contributed by atoms with Crippen LogP contribution in [0.15, 0.2) is 18.2 Å². The topological polar surface area (TPSA) is 46.3 Å². The van der Waals surface area contributed by atoms with Gasteiger partial charge in [0.2, 0.25) is 0 Å². The van der Waals surface area contributed by atoms with Crippen molar-refractivity contribution in [1.82, 2.24) is 4.90 Å². The fourth-order valence-electron chi connectivity index (χ4n) is 2.45. The molecule has 0 radical (unpaired) electrons. The molecular weight excluding hydrogens is 267 g/mol. The number of amides is 1. The molecule has 2 atom stereocenters. The summed E-state index contributed by atoms with van der Waals surface area (Å²) in [6, 6.07) is 4.17. The van der Waals surface area contributed by atoms with Gasteiger partial charge >= 0.3 is 0 Å². The Morgan fingerprint density at radius 2 is 2.32 bits per heavy atom. The van der Waals surface area contributed by atoms with E-state index in [1.54, 1.807) is 11.0 Å². The Balaban J connectivity index is 2.13. The summed E-state index contributed by atoms with van der Waals surface area (Å²) in [4.78, 5) is 14.1. The van der Waals surface area contributed by atoms with Crippen LogP contribution in [0.2, 0.25) is 5.02 Å². The van der Waals surface area contributed by atoms with Crippen LogP contribution >= 0.6 is 11.6 Å². The molecule has 1 aromatic rings. The van der Waals surface area contributed by atoms with Gasteiger partial charge in [0.25, 0.3) is 5.91 Å². The summed E-state index contributed by atoms with van der Waals surface area (Å²) in [7, 11) is 0. The summed E-state index contributed by atoms with van der Waals surface area (Å²) in [5.41, 5.74) is 6.06. The number of nitrogens with two attached hydrogens (primary N) is 1.